The molecule has 0 bridgehead atoms. The average Bonchev–Trinajstić information content (AvgIpc) is 2.78. The van der Waals surface area contributed by atoms with Crippen molar-refractivity contribution >= 4 is 34.9 Å². The summed E-state index contributed by atoms with van der Waals surface area (Å²) in [6, 6.07) is 14.3. The van der Waals surface area contributed by atoms with E-state index in [9.17, 15) is 19.2 Å². The number of nitrogens with one attached hydrogen (secondary N) is 1. The van der Waals surface area contributed by atoms with Crippen molar-refractivity contribution in [1.82, 2.24) is 9.78 Å². The van der Waals surface area contributed by atoms with E-state index >= 15 is 0 Å². The lowest BCUT2D eigenvalue weighted by atomic mass is 10.1. The molecule has 0 spiro atoms. The topological polar surface area (TPSA) is 107 Å². The van der Waals surface area contributed by atoms with Gasteiger partial charge in [-0.1, -0.05) is 30.7 Å². The summed E-state index contributed by atoms with van der Waals surface area (Å²) in [6.07, 6.45) is 0.335. The highest BCUT2D eigenvalue weighted by Gasteiger charge is 2.19. The second kappa shape index (κ2) is 10.0. The van der Waals surface area contributed by atoms with Crippen LogP contribution in [0.3, 0.4) is 0 Å². The summed E-state index contributed by atoms with van der Waals surface area (Å²) in [6.45, 7) is 2.82. The number of aryl methyl sites for hydroxylation is 1. The fourth-order valence-corrected chi connectivity index (χ4v) is 3.04. The second-order valence-electron chi connectivity index (χ2n) is 6.84. The third-order valence-corrected chi connectivity index (χ3v) is 4.85. The molecule has 8 nitrogen and oxygen atoms in total. The lowest BCUT2D eigenvalue weighted by Gasteiger charge is -2.12. The first kappa shape index (κ1) is 22.9. The molecule has 1 heterocycles. The number of hydrogen-bond acceptors (Lipinski definition) is 6. The van der Waals surface area contributed by atoms with Crippen LogP contribution in [0.1, 0.15) is 39.9 Å². The zero-order valence-corrected chi connectivity index (χ0v) is 18.2. The van der Waals surface area contributed by atoms with Crippen molar-refractivity contribution < 1.29 is 19.1 Å². The van der Waals surface area contributed by atoms with Gasteiger partial charge in [-0.05, 0) is 43.3 Å². The molecular formula is C23H20ClN3O5. The highest BCUT2D eigenvalue weighted by molar-refractivity contribution is 6.32. The van der Waals surface area contributed by atoms with Gasteiger partial charge in [0.25, 0.3) is 0 Å². The van der Waals surface area contributed by atoms with E-state index in [0.717, 1.165) is 0 Å². The van der Waals surface area contributed by atoms with Gasteiger partial charge >= 0.3 is 5.97 Å². The van der Waals surface area contributed by atoms with Crippen LogP contribution < -0.4 is 10.7 Å². The Kier molecular flexibility index (Phi) is 7.17. The van der Waals surface area contributed by atoms with E-state index < -0.39 is 29.5 Å². The third-order valence-electron chi connectivity index (χ3n) is 4.53. The van der Waals surface area contributed by atoms with Gasteiger partial charge in [0.1, 0.15) is 0 Å². The van der Waals surface area contributed by atoms with Crippen molar-refractivity contribution in [2.24, 2.45) is 0 Å². The van der Waals surface area contributed by atoms with Crippen molar-refractivity contribution in [3.8, 4) is 5.69 Å². The minimum Gasteiger partial charge on any atom is -0.452 e. The number of benzene rings is 2. The van der Waals surface area contributed by atoms with E-state index in [1.807, 2.05) is 0 Å². The lowest BCUT2D eigenvalue weighted by Crippen LogP contribution is -2.25. The number of ketones is 1. The molecule has 0 aliphatic rings. The lowest BCUT2D eigenvalue weighted by molar-refractivity contribution is -0.115. The number of carbonyl (C=O) groups excluding carboxylic acids is 3. The Morgan fingerprint density at radius 1 is 1.09 bits per heavy atom. The summed E-state index contributed by atoms with van der Waals surface area (Å²) in [5, 5.41) is 7.16. The molecule has 3 aromatic rings. The van der Waals surface area contributed by atoms with Crippen LogP contribution in [0.25, 0.3) is 5.69 Å². The minimum absolute atomic E-state index is 0.147. The molecule has 3 rings (SSSR count). The second-order valence-corrected chi connectivity index (χ2v) is 7.25. The molecule has 0 atom stereocenters. The first-order valence-electron chi connectivity index (χ1n) is 9.76. The van der Waals surface area contributed by atoms with Gasteiger partial charge in [0, 0.05) is 29.4 Å². The van der Waals surface area contributed by atoms with E-state index in [1.165, 1.54) is 22.9 Å². The van der Waals surface area contributed by atoms with Gasteiger partial charge in [0.15, 0.2) is 12.4 Å². The van der Waals surface area contributed by atoms with E-state index in [0.29, 0.717) is 28.5 Å². The highest BCUT2D eigenvalue weighted by Crippen LogP contribution is 2.20. The van der Waals surface area contributed by atoms with Crippen molar-refractivity contribution in [3.63, 3.8) is 0 Å². The Labute approximate surface area is 188 Å². The summed E-state index contributed by atoms with van der Waals surface area (Å²) in [4.78, 5) is 48.5. The number of aromatic nitrogens is 2. The number of nitrogens with zero attached hydrogens (tertiary/aromatic N) is 2. The number of amides is 1. The number of para-hydroxylation sites is 1. The fraction of sp³-hybridized carbons (Fsp3) is 0.174. The number of hydrogen-bond donors (Lipinski definition) is 1. The largest absolute Gasteiger partial charge is 0.452 e. The minimum atomic E-state index is -1.02. The van der Waals surface area contributed by atoms with Crippen molar-refractivity contribution in [2.75, 3.05) is 11.9 Å². The Balaban J connectivity index is 1.73. The maximum atomic E-state index is 12.5. The Morgan fingerprint density at radius 3 is 2.44 bits per heavy atom. The number of carbonyl (C=O) groups is 3. The zero-order valence-electron chi connectivity index (χ0n) is 17.4. The van der Waals surface area contributed by atoms with E-state index in [4.69, 9.17) is 16.3 Å². The smallest absolute Gasteiger partial charge is 0.363 e. The summed E-state index contributed by atoms with van der Waals surface area (Å²) < 4.78 is 6.40. The van der Waals surface area contributed by atoms with Crippen LogP contribution in [-0.2, 0) is 9.53 Å². The normalized spacial score (nSPS) is 10.5. The Hall–Kier alpha value is -3.78. The molecule has 0 fully saturated rings. The van der Waals surface area contributed by atoms with Gasteiger partial charge in [-0.15, -0.1) is 0 Å². The molecular weight excluding hydrogens is 434 g/mol. The molecule has 0 radical (unpaired) electrons. The van der Waals surface area contributed by atoms with E-state index in [1.54, 1.807) is 50.2 Å². The predicted molar refractivity (Wildman–Crippen MR) is 120 cm³/mol. The van der Waals surface area contributed by atoms with E-state index in [-0.39, 0.29) is 11.5 Å². The number of anilines is 1. The summed E-state index contributed by atoms with van der Waals surface area (Å²) >= 11 is 6.20. The highest BCUT2D eigenvalue weighted by atomic mass is 35.5. The molecule has 164 valence electrons. The van der Waals surface area contributed by atoms with Crippen LogP contribution in [-0.4, -0.2) is 34.0 Å². The summed E-state index contributed by atoms with van der Waals surface area (Å²) in [7, 11) is 0. The number of esters is 1. The number of halogens is 1. The van der Waals surface area contributed by atoms with Crippen LogP contribution in [0.2, 0.25) is 5.02 Å². The van der Waals surface area contributed by atoms with Gasteiger partial charge in [0.2, 0.25) is 17.0 Å². The van der Waals surface area contributed by atoms with Crippen LogP contribution in [0.5, 0.6) is 0 Å². The first-order valence-corrected chi connectivity index (χ1v) is 10.1. The molecule has 0 aliphatic carbocycles. The summed E-state index contributed by atoms with van der Waals surface area (Å²) in [5.41, 5.74) is 0.727. The van der Waals surface area contributed by atoms with E-state index in [2.05, 4.69) is 10.4 Å². The predicted octanol–water partition coefficient (Wildman–Crippen LogP) is 3.58. The third kappa shape index (κ3) is 5.28. The van der Waals surface area contributed by atoms with Gasteiger partial charge in [-0.25, -0.2) is 9.48 Å². The SMILES string of the molecule is CCC(=O)Nc1ccc(C(=O)COC(=O)c2nn(-c3ccccc3Cl)c(C)cc2=O)cc1. The van der Waals surface area contributed by atoms with Gasteiger partial charge in [0.05, 0.1) is 10.7 Å². The molecule has 9 heteroatoms. The molecule has 32 heavy (non-hydrogen) atoms. The Bertz CT molecular complexity index is 1240. The molecule has 0 unspecified atom stereocenters. The van der Waals surface area contributed by atoms with Crippen molar-refractivity contribution in [3.05, 3.63) is 86.8 Å². The van der Waals surface area contributed by atoms with Crippen LogP contribution in [0.4, 0.5) is 5.69 Å². The maximum Gasteiger partial charge on any atom is 0.363 e. The number of rotatable bonds is 7. The number of Topliss-reactive ketones (excluding diaryl/α,β-unsaturated/α-hetero) is 1. The molecule has 1 aromatic heterocycles. The molecule has 2 aromatic carbocycles. The van der Waals surface area contributed by atoms with Gasteiger partial charge < -0.3 is 10.1 Å². The standard InChI is InChI=1S/C23H20ClN3O5/c1-3-21(30)25-16-10-8-15(9-11-16)20(29)13-32-23(31)22-19(28)12-14(2)27(26-22)18-7-5-4-6-17(18)24/h4-12H,3,13H2,1-2H3,(H,25,30). The quantitative estimate of drug-likeness (QED) is 0.432. The van der Waals surface area contributed by atoms with Crippen LogP contribution >= 0.6 is 11.6 Å². The van der Waals surface area contributed by atoms with Crippen molar-refractivity contribution in [2.45, 2.75) is 20.3 Å². The number of ether oxygens (including phenoxy) is 1. The molecule has 0 aliphatic heterocycles. The summed E-state index contributed by atoms with van der Waals surface area (Å²) in [5.74, 6) is -1.63. The molecule has 0 saturated heterocycles. The zero-order chi connectivity index (χ0) is 23.3. The Morgan fingerprint density at radius 2 is 1.78 bits per heavy atom. The fourth-order valence-electron chi connectivity index (χ4n) is 2.83. The van der Waals surface area contributed by atoms with Crippen LogP contribution in [0.15, 0.2) is 59.4 Å². The molecule has 0 saturated carbocycles. The van der Waals surface area contributed by atoms with Gasteiger partial charge in [-0.2, -0.15) is 5.10 Å². The monoisotopic (exact) mass is 453 g/mol. The average molecular weight is 454 g/mol. The van der Waals surface area contributed by atoms with Crippen molar-refractivity contribution in [1.29, 1.82) is 0 Å². The van der Waals surface area contributed by atoms with Crippen LogP contribution in [0, 0.1) is 6.92 Å². The first-order chi connectivity index (χ1) is 15.3. The molecule has 1 amide bonds. The maximum absolute atomic E-state index is 12.5. The molecule has 1 N–H and O–H groups in total. The van der Waals surface area contributed by atoms with Gasteiger partial charge in [-0.3, -0.25) is 14.4 Å².